The van der Waals surface area contributed by atoms with Crippen molar-refractivity contribution in [2.24, 2.45) is 0 Å². The second-order valence-corrected chi connectivity index (χ2v) is 5.63. The van der Waals surface area contributed by atoms with Crippen LogP contribution in [-0.2, 0) is 10.0 Å². The first-order valence-corrected chi connectivity index (χ1v) is 5.89. The van der Waals surface area contributed by atoms with Gasteiger partial charge < -0.3 is 5.32 Å². The molecule has 0 aromatic rings. The van der Waals surface area contributed by atoms with Gasteiger partial charge in [-0.15, -0.1) is 10.3 Å². The largest absolute Gasteiger partial charge is 0.354 e. The maximum absolute atomic E-state index is 12.0. The molecule has 1 N–H and O–H groups in total. The van der Waals surface area contributed by atoms with Crippen molar-refractivity contribution in [1.29, 1.82) is 0 Å². The predicted molar refractivity (Wildman–Crippen MR) is 64.3 cm³/mol. The Kier molecular flexibility index (Phi) is 5.42. The lowest BCUT2D eigenvalue weighted by Gasteiger charge is -2.38. The normalized spacial score (nSPS) is 13.0. The molecule has 0 aliphatic rings. The first-order chi connectivity index (χ1) is 7.14. The number of nitrogens with one attached hydrogen (secondary N) is 1. The number of unbranched alkanes of at least 4 members (excludes halogenated alkanes) is 1. The summed E-state index contributed by atoms with van der Waals surface area (Å²) in [5.74, 6) is -0.203. The van der Waals surface area contributed by atoms with Gasteiger partial charge in [-0.25, -0.2) is 0 Å². The summed E-state index contributed by atoms with van der Waals surface area (Å²) >= 11 is 0. The number of carbonyl (C=O) groups is 1. The van der Waals surface area contributed by atoms with Crippen LogP contribution in [0, 0.1) is 0 Å². The van der Waals surface area contributed by atoms with E-state index in [2.05, 4.69) is 12.2 Å². The molecule has 0 saturated carbocycles. The zero-order valence-electron chi connectivity index (χ0n) is 11.4. The minimum atomic E-state index is -1.02. The van der Waals surface area contributed by atoms with Gasteiger partial charge in [-0.05, 0) is 41.0 Å². The molecule has 1 amide bonds. The molecular formula is C12H25N2O2. The summed E-state index contributed by atoms with van der Waals surface area (Å²) in [5, 5.41) is 15.7. The van der Waals surface area contributed by atoms with Crippen LogP contribution in [0.1, 0.15) is 54.4 Å². The number of carbonyl (C=O) groups excluding carboxylic acids is 1. The molecule has 0 saturated heterocycles. The van der Waals surface area contributed by atoms with E-state index in [1.54, 1.807) is 34.6 Å². The lowest BCUT2D eigenvalue weighted by molar-refractivity contribution is -0.260. The molecule has 0 atom stereocenters. The molecular weight excluding hydrogens is 204 g/mol. The van der Waals surface area contributed by atoms with E-state index in [1.807, 2.05) is 0 Å². The zero-order chi connectivity index (χ0) is 13.0. The smallest absolute Gasteiger partial charge is 0.242 e. The molecule has 16 heavy (non-hydrogen) atoms. The van der Waals surface area contributed by atoms with E-state index in [1.165, 1.54) is 0 Å². The third kappa shape index (κ3) is 4.10. The lowest BCUT2D eigenvalue weighted by atomic mass is 9.97. The second kappa shape index (κ2) is 5.64. The minimum absolute atomic E-state index is 0.203. The van der Waals surface area contributed by atoms with E-state index in [-0.39, 0.29) is 5.91 Å². The van der Waals surface area contributed by atoms with E-state index in [4.69, 9.17) is 0 Å². The summed E-state index contributed by atoms with van der Waals surface area (Å²) in [5.41, 5.74) is -1.59. The van der Waals surface area contributed by atoms with E-state index in [0.717, 1.165) is 17.9 Å². The number of amides is 1. The average Bonchev–Trinajstić information content (AvgIpc) is 2.15. The highest BCUT2D eigenvalue weighted by atomic mass is 16.5. The maximum Gasteiger partial charge on any atom is 0.242 e. The van der Waals surface area contributed by atoms with Gasteiger partial charge in [0.15, 0.2) is 0 Å². The number of hydroxylamine groups is 2. The summed E-state index contributed by atoms with van der Waals surface area (Å²) in [6.45, 7) is 11.4. The van der Waals surface area contributed by atoms with Crippen LogP contribution in [0.3, 0.4) is 0 Å². The van der Waals surface area contributed by atoms with Gasteiger partial charge in [-0.3, -0.25) is 4.79 Å². The summed E-state index contributed by atoms with van der Waals surface area (Å²) in [6, 6.07) is 0. The van der Waals surface area contributed by atoms with Crippen LogP contribution in [0.4, 0.5) is 0 Å². The fourth-order valence-electron chi connectivity index (χ4n) is 1.53. The van der Waals surface area contributed by atoms with Gasteiger partial charge in [-0.1, -0.05) is 13.3 Å². The van der Waals surface area contributed by atoms with Crippen LogP contribution in [0.2, 0.25) is 0 Å². The molecule has 0 spiro atoms. The molecule has 0 bridgehead atoms. The summed E-state index contributed by atoms with van der Waals surface area (Å²) in [4.78, 5) is 11.9. The molecule has 0 heterocycles. The van der Waals surface area contributed by atoms with Crippen molar-refractivity contribution in [2.75, 3.05) is 6.54 Å². The Morgan fingerprint density at radius 2 is 1.69 bits per heavy atom. The number of rotatable bonds is 5. The van der Waals surface area contributed by atoms with Gasteiger partial charge in [0.25, 0.3) is 0 Å². The highest BCUT2D eigenvalue weighted by Crippen LogP contribution is 2.23. The van der Waals surface area contributed by atoms with Crippen LogP contribution in [0.15, 0.2) is 0 Å². The molecule has 0 aliphatic heterocycles. The van der Waals surface area contributed by atoms with Gasteiger partial charge in [0.05, 0.1) is 0 Å². The van der Waals surface area contributed by atoms with Crippen molar-refractivity contribution < 1.29 is 10.0 Å². The van der Waals surface area contributed by atoms with Crippen molar-refractivity contribution in [3.05, 3.63) is 0 Å². The van der Waals surface area contributed by atoms with Crippen LogP contribution in [0.5, 0.6) is 0 Å². The first-order valence-electron chi connectivity index (χ1n) is 5.89. The molecule has 1 radical (unpaired) electrons. The molecule has 0 rings (SSSR count). The van der Waals surface area contributed by atoms with Crippen molar-refractivity contribution in [3.8, 4) is 0 Å². The Morgan fingerprint density at radius 1 is 1.19 bits per heavy atom. The van der Waals surface area contributed by atoms with Gasteiger partial charge in [-0.2, -0.15) is 0 Å². The zero-order valence-corrected chi connectivity index (χ0v) is 11.4. The maximum atomic E-state index is 12.0. The quantitative estimate of drug-likeness (QED) is 0.580. The van der Waals surface area contributed by atoms with Crippen molar-refractivity contribution in [1.82, 2.24) is 10.4 Å². The molecule has 0 aromatic heterocycles. The summed E-state index contributed by atoms with van der Waals surface area (Å²) in [7, 11) is 0. The molecule has 4 nitrogen and oxygen atoms in total. The summed E-state index contributed by atoms with van der Waals surface area (Å²) in [6.07, 6.45) is 1.97. The van der Waals surface area contributed by atoms with E-state index in [0.29, 0.717) is 6.54 Å². The molecule has 0 fully saturated rings. The number of hydrogen-bond acceptors (Lipinski definition) is 2. The minimum Gasteiger partial charge on any atom is -0.354 e. The third-order valence-corrected chi connectivity index (χ3v) is 2.49. The van der Waals surface area contributed by atoms with Crippen molar-refractivity contribution in [3.63, 3.8) is 0 Å². The number of hydrogen-bond donors (Lipinski definition) is 1. The van der Waals surface area contributed by atoms with E-state index < -0.39 is 11.1 Å². The topological polar surface area (TPSA) is 52.2 Å². The van der Waals surface area contributed by atoms with Crippen molar-refractivity contribution in [2.45, 2.75) is 65.5 Å². The monoisotopic (exact) mass is 229 g/mol. The van der Waals surface area contributed by atoms with Crippen LogP contribution >= 0.6 is 0 Å². The van der Waals surface area contributed by atoms with Crippen LogP contribution < -0.4 is 5.32 Å². The van der Waals surface area contributed by atoms with Gasteiger partial charge in [0.2, 0.25) is 5.91 Å². The van der Waals surface area contributed by atoms with E-state index >= 15 is 0 Å². The molecule has 0 aromatic carbocycles. The second-order valence-electron chi connectivity index (χ2n) is 5.63. The van der Waals surface area contributed by atoms with Crippen molar-refractivity contribution >= 4 is 5.91 Å². The van der Waals surface area contributed by atoms with Gasteiger partial charge in [0.1, 0.15) is 5.54 Å². The highest BCUT2D eigenvalue weighted by molar-refractivity contribution is 5.85. The third-order valence-electron chi connectivity index (χ3n) is 2.49. The predicted octanol–water partition coefficient (Wildman–Crippen LogP) is 2.13. The van der Waals surface area contributed by atoms with Crippen LogP contribution in [-0.4, -0.2) is 28.6 Å². The highest BCUT2D eigenvalue weighted by Gasteiger charge is 2.41. The Bertz CT molecular complexity index is 232. The molecule has 0 unspecified atom stereocenters. The van der Waals surface area contributed by atoms with Crippen LogP contribution in [0.25, 0.3) is 0 Å². The van der Waals surface area contributed by atoms with Gasteiger partial charge >= 0.3 is 0 Å². The SMILES string of the molecule is CCCCNC(=O)C(C)(C)N([O])C(C)(C)C. The summed E-state index contributed by atoms with van der Waals surface area (Å²) < 4.78 is 0. The Hall–Kier alpha value is -0.610. The Labute approximate surface area is 99.0 Å². The standard InChI is InChI=1S/C12H25N2O2/c1-7-8-9-13-10(15)12(5,6)14(16)11(2,3)4/h7-9H2,1-6H3,(H,13,15). The lowest BCUT2D eigenvalue weighted by Crippen LogP contribution is -2.59. The first kappa shape index (κ1) is 15.4. The fraction of sp³-hybridized carbons (Fsp3) is 0.917. The Morgan fingerprint density at radius 3 is 2.06 bits per heavy atom. The molecule has 0 aliphatic carbocycles. The molecule has 95 valence electrons. The Balaban J connectivity index is 4.47. The van der Waals surface area contributed by atoms with Gasteiger partial charge in [0, 0.05) is 12.1 Å². The van der Waals surface area contributed by atoms with E-state index in [9.17, 15) is 10.0 Å². The number of nitrogens with zero attached hydrogens (tertiary/aromatic N) is 1. The fourth-order valence-corrected chi connectivity index (χ4v) is 1.53. The average molecular weight is 229 g/mol. The molecule has 4 heteroatoms.